The van der Waals surface area contributed by atoms with Crippen LogP contribution in [0.1, 0.15) is 30.9 Å². The van der Waals surface area contributed by atoms with Crippen molar-refractivity contribution >= 4 is 22.9 Å². The van der Waals surface area contributed by atoms with Crippen LogP contribution in [0.4, 0.5) is 0 Å². The number of hydrogen-bond donors (Lipinski definition) is 1. The average molecular weight is 320 g/mol. The second-order valence-electron chi connectivity index (χ2n) is 5.80. The maximum atomic E-state index is 12.4. The van der Waals surface area contributed by atoms with Gasteiger partial charge in [-0.3, -0.25) is 4.79 Å². The van der Waals surface area contributed by atoms with Gasteiger partial charge in [-0.15, -0.1) is 0 Å². The Morgan fingerprint density at radius 2 is 1.79 bits per heavy atom. The Hall–Kier alpha value is -2.88. The van der Waals surface area contributed by atoms with Gasteiger partial charge in [0.1, 0.15) is 5.75 Å². The second-order valence-corrected chi connectivity index (χ2v) is 5.80. The van der Waals surface area contributed by atoms with Crippen molar-refractivity contribution in [2.45, 2.75) is 26.3 Å². The van der Waals surface area contributed by atoms with Gasteiger partial charge in [-0.1, -0.05) is 43.7 Å². The van der Waals surface area contributed by atoms with Crippen LogP contribution >= 0.6 is 0 Å². The lowest BCUT2D eigenvalue weighted by Gasteiger charge is -2.05. The first kappa shape index (κ1) is 16.0. The van der Waals surface area contributed by atoms with E-state index in [1.165, 1.54) is 4.68 Å². The summed E-state index contributed by atoms with van der Waals surface area (Å²) in [6.45, 7) is 2.76. The number of phenols is 1. The smallest absolute Gasteiger partial charge is 0.274 e. The van der Waals surface area contributed by atoms with Crippen molar-refractivity contribution in [2.75, 3.05) is 0 Å². The number of unbranched alkanes of at least 4 members (excludes halogenated alkanes) is 1. The largest absolute Gasteiger partial charge is 0.508 e. The van der Waals surface area contributed by atoms with Crippen LogP contribution in [0.3, 0.4) is 0 Å². The molecule has 3 aromatic rings. The predicted octanol–water partition coefficient (Wildman–Crippen LogP) is 4.07. The van der Waals surface area contributed by atoms with Crippen LogP contribution in [0.15, 0.2) is 53.5 Å². The molecule has 4 heteroatoms. The fraction of sp³-hybridized carbons (Fsp3) is 0.200. The Morgan fingerprint density at radius 1 is 1.08 bits per heavy atom. The molecule has 0 saturated heterocycles. The van der Waals surface area contributed by atoms with Crippen molar-refractivity contribution in [3.63, 3.8) is 0 Å². The molecule has 0 amide bonds. The van der Waals surface area contributed by atoms with Gasteiger partial charge in [-0.2, -0.15) is 5.10 Å². The van der Waals surface area contributed by atoms with Crippen LogP contribution in [0.5, 0.6) is 5.75 Å². The first-order chi connectivity index (χ1) is 11.7. The van der Waals surface area contributed by atoms with Gasteiger partial charge in [-0.25, -0.2) is 4.68 Å². The normalized spacial score (nSPS) is 11.4. The first-order valence-electron chi connectivity index (χ1n) is 8.14. The van der Waals surface area contributed by atoms with Gasteiger partial charge in [0.25, 0.3) is 5.56 Å². The molecular weight excluding hydrogens is 300 g/mol. The molecule has 1 heterocycles. The molecule has 24 heavy (non-hydrogen) atoms. The molecule has 0 unspecified atom stereocenters. The maximum Gasteiger partial charge on any atom is 0.274 e. The minimum atomic E-state index is -0.0324. The molecule has 122 valence electrons. The minimum absolute atomic E-state index is 0.0324. The molecule has 0 aliphatic rings. The average Bonchev–Trinajstić information content (AvgIpc) is 2.61. The summed E-state index contributed by atoms with van der Waals surface area (Å²) in [4.78, 5) is 12.4. The summed E-state index contributed by atoms with van der Waals surface area (Å²) in [5, 5.41) is 15.1. The van der Waals surface area contributed by atoms with Crippen LogP contribution in [-0.4, -0.2) is 14.9 Å². The van der Waals surface area contributed by atoms with Gasteiger partial charge in [0.15, 0.2) is 0 Å². The molecule has 0 fully saturated rings. The number of fused-ring (bicyclic) bond motifs is 1. The zero-order chi connectivity index (χ0) is 16.9. The molecule has 0 spiro atoms. The highest BCUT2D eigenvalue weighted by Crippen LogP contribution is 2.16. The zero-order valence-corrected chi connectivity index (χ0v) is 13.6. The lowest BCUT2D eigenvalue weighted by Crippen LogP contribution is -2.22. The molecule has 2 aromatic carbocycles. The quantitative estimate of drug-likeness (QED) is 0.721. The number of aryl methyl sites for hydroxylation is 1. The molecule has 0 bridgehead atoms. The SMILES string of the molecule is CCCCn1ncc2cc(/C=C/c3ccc(O)cc3)ccc2c1=O. The van der Waals surface area contributed by atoms with E-state index in [2.05, 4.69) is 12.0 Å². The standard InChI is InChI=1S/C20H20N2O2/c1-2-3-12-22-20(24)19-11-8-16(13-17(19)14-21-22)5-4-15-6-9-18(23)10-7-15/h4-11,13-14,23H,2-3,12H2,1H3/b5-4+. The van der Waals surface area contributed by atoms with E-state index in [-0.39, 0.29) is 11.3 Å². The van der Waals surface area contributed by atoms with Crippen LogP contribution in [-0.2, 0) is 6.54 Å². The minimum Gasteiger partial charge on any atom is -0.508 e. The van der Waals surface area contributed by atoms with Crippen molar-refractivity contribution in [2.24, 2.45) is 0 Å². The van der Waals surface area contributed by atoms with E-state index in [1.807, 2.05) is 42.5 Å². The Kier molecular flexibility index (Phi) is 4.75. The summed E-state index contributed by atoms with van der Waals surface area (Å²) in [5.41, 5.74) is 1.97. The second kappa shape index (κ2) is 7.13. The van der Waals surface area contributed by atoms with E-state index in [1.54, 1.807) is 18.3 Å². The summed E-state index contributed by atoms with van der Waals surface area (Å²) >= 11 is 0. The lowest BCUT2D eigenvalue weighted by atomic mass is 10.1. The van der Waals surface area contributed by atoms with Gasteiger partial charge >= 0.3 is 0 Å². The maximum absolute atomic E-state index is 12.4. The third kappa shape index (κ3) is 3.54. The van der Waals surface area contributed by atoms with E-state index in [9.17, 15) is 9.90 Å². The van der Waals surface area contributed by atoms with E-state index < -0.39 is 0 Å². The topological polar surface area (TPSA) is 55.1 Å². The van der Waals surface area contributed by atoms with Gasteiger partial charge in [0.2, 0.25) is 0 Å². The fourth-order valence-corrected chi connectivity index (χ4v) is 2.55. The predicted molar refractivity (Wildman–Crippen MR) is 97.9 cm³/mol. The highest BCUT2D eigenvalue weighted by molar-refractivity contribution is 5.84. The summed E-state index contributed by atoms with van der Waals surface area (Å²) in [6.07, 6.45) is 7.69. The van der Waals surface area contributed by atoms with Crippen LogP contribution in [0, 0.1) is 0 Å². The van der Waals surface area contributed by atoms with Crippen LogP contribution in [0.25, 0.3) is 22.9 Å². The van der Waals surface area contributed by atoms with E-state index >= 15 is 0 Å². The number of nitrogens with zero attached hydrogens (tertiary/aromatic N) is 2. The Balaban J connectivity index is 1.88. The van der Waals surface area contributed by atoms with Crippen LogP contribution in [0.2, 0.25) is 0 Å². The molecular formula is C20H20N2O2. The number of phenolic OH excluding ortho intramolecular Hbond substituents is 1. The molecule has 0 aliphatic heterocycles. The van der Waals surface area contributed by atoms with E-state index in [0.717, 1.165) is 29.4 Å². The Bertz CT molecular complexity index is 925. The lowest BCUT2D eigenvalue weighted by molar-refractivity contribution is 0.475. The Labute approximate surface area is 140 Å². The number of aromatic hydroxyl groups is 1. The number of benzene rings is 2. The molecule has 4 nitrogen and oxygen atoms in total. The monoisotopic (exact) mass is 320 g/mol. The van der Waals surface area contributed by atoms with Crippen molar-refractivity contribution in [3.8, 4) is 5.75 Å². The van der Waals surface area contributed by atoms with Crippen molar-refractivity contribution in [1.82, 2.24) is 9.78 Å². The van der Waals surface area contributed by atoms with E-state index in [4.69, 9.17) is 0 Å². The molecule has 0 atom stereocenters. The molecule has 1 N–H and O–H groups in total. The summed E-state index contributed by atoms with van der Waals surface area (Å²) in [5.74, 6) is 0.253. The van der Waals surface area contributed by atoms with Gasteiger partial charge in [0, 0.05) is 11.9 Å². The summed E-state index contributed by atoms with van der Waals surface area (Å²) in [7, 11) is 0. The highest BCUT2D eigenvalue weighted by atomic mass is 16.3. The molecule has 0 aliphatic carbocycles. The molecule has 0 saturated carbocycles. The third-order valence-electron chi connectivity index (χ3n) is 3.96. The first-order valence-corrected chi connectivity index (χ1v) is 8.14. The number of aromatic nitrogens is 2. The number of hydrogen-bond acceptors (Lipinski definition) is 3. The Morgan fingerprint density at radius 3 is 2.54 bits per heavy atom. The molecule has 1 aromatic heterocycles. The third-order valence-corrected chi connectivity index (χ3v) is 3.96. The van der Waals surface area contributed by atoms with Crippen molar-refractivity contribution < 1.29 is 5.11 Å². The van der Waals surface area contributed by atoms with E-state index in [0.29, 0.717) is 11.9 Å². The van der Waals surface area contributed by atoms with Gasteiger partial charge in [-0.05, 0) is 41.8 Å². The molecule has 0 radical (unpaired) electrons. The number of rotatable bonds is 5. The summed E-state index contributed by atoms with van der Waals surface area (Å²) in [6, 6.07) is 12.8. The highest BCUT2D eigenvalue weighted by Gasteiger charge is 2.04. The summed E-state index contributed by atoms with van der Waals surface area (Å²) < 4.78 is 1.54. The van der Waals surface area contributed by atoms with Crippen LogP contribution < -0.4 is 5.56 Å². The molecule has 3 rings (SSSR count). The van der Waals surface area contributed by atoms with Crippen molar-refractivity contribution in [3.05, 3.63) is 70.1 Å². The zero-order valence-electron chi connectivity index (χ0n) is 13.6. The van der Waals surface area contributed by atoms with Gasteiger partial charge in [0.05, 0.1) is 11.6 Å². The van der Waals surface area contributed by atoms with Gasteiger partial charge < -0.3 is 5.11 Å². The van der Waals surface area contributed by atoms with Crippen molar-refractivity contribution in [1.29, 1.82) is 0 Å². The fourth-order valence-electron chi connectivity index (χ4n) is 2.55.